The third-order valence-electron chi connectivity index (χ3n) is 3.79. The fourth-order valence-corrected chi connectivity index (χ4v) is 2.26. The van der Waals surface area contributed by atoms with Crippen molar-refractivity contribution in [3.05, 3.63) is 29.8 Å². The number of anilines is 1. The number of carboxylic acid groups (broad SMARTS) is 1. The molecule has 0 heterocycles. The maximum atomic E-state index is 12.0. The second-order valence-electron chi connectivity index (χ2n) is 5.87. The number of carbonyl (C=O) groups excluding carboxylic acids is 1. The van der Waals surface area contributed by atoms with Gasteiger partial charge in [0.25, 0.3) is 0 Å². The average Bonchev–Trinajstić information content (AvgIpc) is 3.22. The van der Waals surface area contributed by atoms with Crippen LogP contribution in [0.2, 0.25) is 0 Å². The fourth-order valence-electron chi connectivity index (χ4n) is 2.26. The van der Waals surface area contributed by atoms with Crippen molar-refractivity contribution in [1.29, 1.82) is 0 Å². The molecule has 1 atom stereocenters. The molecule has 1 aliphatic rings. The molecule has 1 aromatic carbocycles. The quantitative estimate of drug-likeness (QED) is 0.845. The van der Waals surface area contributed by atoms with E-state index in [0.29, 0.717) is 5.92 Å². The van der Waals surface area contributed by atoms with E-state index in [4.69, 9.17) is 5.11 Å². The summed E-state index contributed by atoms with van der Waals surface area (Å²) in [4.78, 5) is 24.4. The molecule has 0 bridgehead atoms. The fraction of sp³-hybridized carbons (Fsp3) is 0.500. The highest BCUT2D eigenvalue weighted by atomic mass is 16.4. The lowest BCUT2D eigenvalue weighted by molar-refractivity contribution is -0.137. The smallest absolute Gasteiger partial charge is 0.321 e. The van der Waals surface area contributed by atoms with Crippen molar-refractivity contribution < 1.29 is 14.7 Å². The molecule has 0 radical (unpaired) electrons. The summed E-state index contributed by atoms with van der Waals surface area (Å²) >= 11 is 0. The lowest BCUT2D eigenvalue weighted by Gasteiger charge is -2.18. The van der Waals surface area contributed by atoms with E-state index < -0.39 is 5.97 Å². The summed E-state index contributed by atoms with van der Waals surface area (Å²) in [6, 6.07) is 7.26. The van der Waals surface area contributed by atoms with E-state index in [1.165, 1.54) is 12.8 Å². The van der Waals surface area contributed by atoms with Crippen LogP contribution < -0.4 is 5.32 Å². The van der Waals surface area contributed by atoms with Crippen LogP contribution in [0, 0.1) is 5.92 Å². The highest BCUT2D eigenvalue weighted by Crippen LogP contribution is 2.29. The van der Waals surface area contributed by atoms with E-state index in [-0.39, 0.29) is 18.4 Å². The standard InChI is InChI=1S/C16H22N2O3/c1-11(9-15(19)20)13-5-7-14(8-6-13)17-16(21)18(2)10-12-3-4-12/h5-8,11-12H,3-4,9-10H2,1-2H3,(H,17,21)(H,19,20). The second-order valence-corrected chi connectivity index (χ2v) is 5.87. The third-order valence-corrected chi connectivity index (χ3v) is 3.79. The number of carbonyl (C=O) groups is 2. The van der Waals surface area contributed by atoms with Gasteiger partial charge in [-0.3, -0.25) is 4.79 Å². The van der Waals surface area contributed by atoms with Gasteiger partial charge in [-0.05, 0) is 42.4 Å². The zero-order valence-corrected chi connectivity index (χ0v) is 12.5. The average molecular weight is 290 g/mol. The van der Waals surface area contributed by atoms with Crippen LogP contribution in [0.3, 0.4) is 0 Å². The number of benzene rings is 1. The maximum absolute atomic E-state index is 12.0. The molecule has 0 spiro atoms. The summed E-state index contributed by atoms with van der Waals surface area (Å²) in [7, 11) is 1.80. The molecule has 0 aromatic heterocycles. The summed E-state index contributed by atoms with van der Waals surface area (Å²) in [5.74, 6) is -0.175. The van der Waals surface area contributed by atoms with Crippen LogP contribution >= 0.6 is 0 Å². The Bertz CT molecular complexity index is 509. The molecular formula is C16H22N2O3. The summed E-state index contributed by atoms with van der Waals surface area (Å²) in [5, 5.41) is 11.6. The molecule has 21 heavy (non-hydrogen) atoms. The lowest BCUT2D eigenvalue weighted by atomic mass is 9.98. The predicted octanol–water partition coefficient (Wildman–Crippen LogP) is 3.14. The molecule has 0 aliphatic heterocycles. The van der Waals surface area contributed by atoms with Crippen molar-refractivity contribution in [2.45, 2.75) is 32.1 Å². The van der Waals surface area contributed by atoms with E-state index in [1.54, 1.807) is 11.9 Å². The summed E-state index contributed by atoms with van der Waals surface area (Å²) < 4.78 is 0. The van der Waals surface area contributed by atoms with E-state index in [1.807, 2.05) is 31.2 Å². The molecule has 1 aromatic rings. The SMILES string of the molecule is CC(CC(=O)O)c1ccc(NC(=O)N(C)CC2CC2)cc1. The molecule has 2 amide bonds. The predicted molar refractivity (Wildman–Crippen MR) is 81.5 cm³/mol. The van der Waals surface area contributed by atoms with Crippen molar-refractivity contribution >= 4 is 17.7 Å². The Balaban J connectivity index is 1.89. The van der Waals surface area contributed by atoms with Crippen molar-refractivity contribution in [3.63, 3.8) is 0 Å². The number of hydrogen-bond acceptors (Lipinski definition) is 2. The summed E-state index contributed by atoms with van der Waals surface area (Å²) in [6.07, 6.45) is 2.54. The van der Waals surface area contributed by atoms with Gasteiger partial charge in [0.15, 0.2) is 0 Å². The normalized spacial score (nSPS) is 15.3. The van der Waals surface area contributed by atoms with Crippen LogP contribution in [0.15, 0.2) is 24.3 Å². The van der Waals surface area contributed by atoms with Crippen molar-refractivity contribution in [2.75, 3.05) is 18.9 Å². The molecule has 2 rings (SSSR count). The van der Waals surface area contributed by atoms with Gasteiger partial charge in [0.05, 0.1) is 6.42 Å². The van der Waals surface area contributed by atoms with Crippen LogP contribution in [-0.4, -0.2) is 35.6 Å². The van der Waals surface area contributed by atoms with Crippen molar-refractivity contribution in [2.24, 2.45) is 5.92 Å². The first kappa shape index (κ1) is 15.4. The lowest BCUT2D eigenvalue weighted by Crippen LogP contribution is -2.32. The molecule has 114 valence electrons. The molecule has 1 fully saturated rings. The molecule has 1 unspecified atom stereocenters. The van der Waals surface area contributed by atoms with Crippen molar-refractivity contribution in [3.8, 4) is 0 Å². The highest BCUT2D eigenvalue weighted by molar-refractivity contribution is 5.89. The Morgan fingerprint density at radius 3 is 2.48 bits per heavy atom. The van der Waals surface area contributed by atoms with Crippen molar-refractivity contribution in [1.82, 2.24) is 4.90 Å². The van der Waals surface area contributed by atoms with Gasteiger partial charge >= 0.3 is 12.0 Å². The van der Waals surface area contributed by atoms with Gasteiger partial charge in [0.1, 0.15) is 0 Å². The first-order chi connectivity index (χ1) is 9.95. The molecule has 5 nitrogen and oxygen atoms in total. The van der Waals surface area contributed by atoms with Gasteiger partial charge in [-0.25, -0.2) is 4.79 Å². The Hall–Kier alpha value is -2.04. The Morgan fingerprint density at radius 1 is 1.33 bits per heavy atom. The number of nitrogens with zero attached hydrogens (tertiary/aromatic N) is 1. The zero-order valence-electron chi connectivity index (χ0n) is 12.5. The first-order valence-corrected chi connectivity index (χ1v) is 7.29. The molecule has 1 saturated carbocycles. The Morgan fingerprint density at radius 2 is 1.95 bits per heavy atom. The van der Waals surface area contributed by atoms with Crippen LogP contribution in [0.4, 0.5) is 10.5 Å². The number of carboxylic acids is 1. The van der Waals surface area contributed by atoms with Crippen LogP contribution in [0.25, 0.3) is 0 Å². The Kier molecular flexibility index (Phi) is 4.83. The molecular weight excluding hydrogens is 268 g/mol. The van der Waals surface area contributed by atoms with Crippen LogP contribution in [-0.2, 0) is 4.79 Å². The van der Waals surface area contributed by atoms with Gasteiger partial charge in [0.2, 0.25) is 0 Å². The number of amides is 2. The zero-order chi connectivity index (χ0) is 15.4. The van der Waals surface area contributed by atoms with Gasteiger partial charge in [-0.15, -0.1) is 0 Å². The van der Waals surface area contributed by atoms with Crippen LogP contribution in [0.5, 0.6) is 0 Å². The number of hydrogen-bond donors (Lipinski definition) is 2. The number of aliphatic carboxylic acids is 1. The molecule has 2 N–H and O–H groups in total. The van der Waals surface area contributed by atoms with Gasteiger partial charge < -0.3 is 15.3 Å². The number of nitrogens with one attached hydrogen (secondary N) is 1. The Labute approximate surface area is 125 Å². The molecule has 1 aliphatic carbocycles. The minimum Gasteiger partial charge on any atom is -0.481 e. The summed E-state index contributed by atoms with van der Waals surface area (Å²) in [6.45, 7) is 2.69. The van der Waals surface area contributed by atoms with E-state index >= 15 is 0 Å². The number of urea groups is 1. The van der Waals surface area contributed by atoms with Gasteiger partial charge in [-0.2, -0.15) is 0 Å². The number of rotatable bonds is 6. The first-order valence-electron chi connectivity index (χ1n) is 7.29. The minimum atomic E-state index is -0.804. The van der Waals surface area contributed by atoms with Gasteiger partial charge in [-0.1, -0.05) is 19.1 Å². The monoisotopic (exact) mass is 290 g/mol. The maximum Gasteiger partial charge on any atom is 0.321 e. The third kappa shape index (κ3) is 4.77. The van der Waals surface area contributed by atoms with E-state index in [0.717, 1.165) is 17.8 Å². The molecule has 0 saturated heterocycles. The van der Waals surface area contributed by atoms with Gasteiger partial charge in [0, 0.05) is 19.3 Å². The minimum absolute atomic E-state index is 0.0372. The highest BCUT2D eigenvalue weighted by Gasteiger charge is 2.24. The topological polar surface area (TPSA) is 69.6 Å². The van der Waals surface area contributed by atoms with Crippen LogP contribution in [0.1, 0.15) is 37.7 Å². The van der Waals surface area contributed by atoms with E-state index in [2.05, 4.69) is 5.32 Å². The second kappa shape index (κ2) is 6.61. The van der Waals surface area contributed by atoms with E-state index in [9.17, 15) is 9.59 Å². The summed E-state index contributed by atoms with van der Waals surface area (Å²) in [5.41, 5.74) is 1.69. The largest absolute Gasteiger partial charge is 0.481 e. The molecule has 5 heteroatoms.